The zero-order valence-corrected chi connectivity index (χ0v) is 6.25. The second kappa shape index (κ2) is 5.26. The summed E-state index contributed by atoms with van der Waals surface area (Å²) >= 11 is 0. The van der Waals surface area contributed by atoms with Crippen molar-refractivity contribution in [3.05, 3.63) is 11.8 Å². The van der Waals surface area contributed by atoms with E-state index in [-0.39, 0.29) is 12.6 Å². The quantitative estimate of drug-likeness (QED) is 0.506. The predicted octanol–water partition coefficient (Wildman–Crippen LogP) is 0.548. The van der Waals surface area contributed by atoms with E-state index in [0.29, 0.717) is 6.42 Å². The summed E-state index contributed by atoms with van der Waals surface area (Å²) in [6.45, 7) is 1.93. The van der Waals surface area contributed by atoms with Crippen molar-refractivity contribution < 1.29 is 10.2 Å². The van der Waals surface area contributed by atoms with E-state index in [4.69, 9.17) is 15.9 Å². The Morgan fingerprint density at radius 1 is 1.70 bits per heavy atom. The van der Waals surface area contributed by atoms with E-state index in [9.17, 15) is 0 Å². The maximum Gasteiger partial charge on any atom is 0.0796 e. The van der Waals surface area contributed by atoms with Gasteiger partial charge in [0.05, 0.1) is 6.26 Å². The van der Waals surface area contributed by atoms with Gasteiger partial charge in [-0.05, 0) is 25.3 Å². The number of hydrogen-bond acceptors (Lipinski definition) is 3. The molecule has 4 N–H and O–H groups in total. The van der Waals surface area contributed by atoms with Crippen LogP contribution < -0.4 is 5.73 Å². The lowest BCUT2D eigenvalue weighted by Crippen LogP contribution is -2.21. The SMILES string of the molecule is C/C(=C\O)C(N)CCCO. The van der Waals surface area contributed by atoms with E-state index < -0.39 is 0 Å². The zero-order valence-electron chi connectivity index (χ0n) is 6.25. The van der Waals surface area contributed by atoms with Crippen molar-refractivity contribution in [1.82, 2.24) is 0 Å². The van der Waals surface area contributed by atoms with Gasteiger partial charge in [-0.1, -0.05) is 0 Å². The Morgan fingerprint density at radius 2 is 2.30 bits per heavy atom. The highest BCUT2D eigenvalue weighted by Crippen LogP contribution is 2.03. The van der Waals surface area contributed by atoms with Crippen LogP contribution in [0.1, 0.15) is 19.8 Å². The lowest BCUT2D eigenvalue weighted by atomic mass is 10.1. The van der Waals surface area contributed by atoms with Crippen LogP contribution in [0.4, 0.5) is 0 Å². The van der Waals surface area contributed by atoms with Crippen LogP contribution in [-0.4, -0.2) is 22.9 Å². The maximum atomic E-state index is 8.50. The second-order valence-corrected chi connectivity index (χ2v) is 2.35. The molecule has 10 heavy (non-hydrogen) atoms. The van der Waals surface area contributed by atoms with Gasteiger partial charge in [0, 0.05) is 12.6 Å². The van der Waals surface area contributed by atoms with Crippen LogP contribution in [0.5, 0.6) is 0 Å². The number of rotatable bonds is 4. The lowest BCUT2D eigenvalue weighted by Gasteiger charge is -2.08. The molecule has 0 fully saturated rings. The number of nitrogens with two attached hydrogens (primary N) is 1. The summed E-state index contributed by atoms with van der Waals surface area (Å²) in [6, 6.07) is -0.114. The third-order valence-corrected chi connectivity index (χ3v) is 1.46. The van der Waals surface area contributed by atoms with Crippen LogP contribution in [0.2, 0.25) is 0 Å². The molecular weight excluding hydrogens is 130 g/mol. The Bertz CT molecular complexity index is 112. The fourth-order valence-electron chi connectivity index (χ4n) is 0.635. The fourth-order valence-corrected chi connectivity index (χ4v) is 0.635. The third-order valence-electron chi connectivity index (χ3n) is 1.46. The van der Waals surface area contributed by atoms with Crippen molar-refractivity contribution in [2.45, 2.75) is 25.8 Å². The molecule has 3 nitrogen and oxygen atoms in total. The van der Waals surface area contributed by atoms with Crippen LogP contribution in [0.3, 0.4) is 0 Å². The van der Waals surface area contributed by atoms with Crippen molar-refractivity contribution in [3.8, 4) is 0 Å². The van der Waals surface area contributed by atoms with E-state index in [0.717, 1.165) is 18.3 Å². The molecule has 60 valence electrons. The lowest BCUT2D eigenvalue weighted by molar-refractivity contribution is 0.281. The third kappa shape index (κ3) is 3.48. The molecule has 0 radical (unpaired) electrons. The van der Waals surface area contributed by atoms with E-state index in [2.05, 4.69) is 0 Å². The summed E-state index contributed by atoms with van der Waals surface area (Å²) in [5, 5.41) is 16.9. The van der Waals surface area contributed by atoms with Gasteiger partial charge in [0.15, 0.2) is 0 Å². The van der Waals surface area contributed by atoms with E-state index in [1.165, 1.54) is 0 Å². The molecule has 0 saturated carbocycles. The Balaban J connectivity index is 3.51. The summed E-state index contributed by atoms with van der Waals surface area (Å²) in [6.07, 6.45) is 2.42. The predicted molar refractivity (Wildman–Crippen MR) is 40.7 cm³/mol. The molecule has 0 saturated heterocycles. The normalized spacial score (nSPS) is 15.3. The zero-order chi connectivity index (χ0) is 7.98. The number of hydrogen-bond donors (Lipinski definition) is 3. The fraction of sp³-hybridized carbons (Fsp3) is 0.714. The van der Waals surface area contributed by atoms with Crippen LogP contribution >= 0.6 is 0 Å². The van der Waals surface area contributed by atoms with Crippen LogP contribution in [0.25, 0.3) is 0 Å². The van der Waals surface area contributed by atoms with Gasteiger partial charge in [-0.15, -0.1) is 0 Å². The monoisotopic (exact) mass is 145 g/mol. The highest BCUT2D eigenvalue weighted by atomic mass is 16.3. The molecular formula is C7H15NO2. The minimum absolute atomic E-state index is 0.114. The highest BCUT2D eigenvalue weighted by Gasteiger charge is 2.02. The van der Waals surface area contributed by atoms with Gasteiger partial charge in [-0.25, -0.2) is 0 Å². The van der Waals surface area contributed by atoms with Gasteiger partial charge in [-0.2, -0.15) is 0 Å². The molecule has 0 amide bonds. The molecule has 0 aromatic heterocycles. The van der Waals surface area contributed by atoms with Gasteiger partial charge < -0.3 is 15.9 Å². The molecule has 0 aliphatic heterocycles. The van der Waals surface area contributed by atoms with Crippen molar-refractivity contribution >= 4 is 0 Å². The average molecular weight is 145 g/mol. The van der Waals surface area contributed by atoms with E-state index in [1.807, 2.05) is 0 Å². The van der Waals surface area contributed by atoms with Crippen molar-refractivity contribution in [1.29, 1.82) is 0 Å². The minimum atomic E-state index is -0.114. The Hall–Kier alpha value is -0.540. The van der Waals surface area contributed by atoms with Crippen LogP contribution in [0.15, 0.2) is 11.8 Å². The molecule has 0 rings (SSSR count). The first-order chi connectivity index (χ1) is 4.72. The summed E-state index contributed by atoms with van der Waals surface area (Å²) in [4.78, 5) is 0. The first-order valence-corrected chi connectivity index (χ1v) is 3.39. The first kappa shape index (κ1) is 9.46. The average Bonchev–Trinajstić information content (AvgIpc) is 1.98. The molecule has 1 atom stereocenters. The number of aliphatic hydroxyl groups is 2. The topological polar surface area (TPSA) is 66.5 Å². The van der Waals surface area contributed by atoms with Crippen LogP contribution in [-0.2, 0) is 0 Å². The minimum Gasteiger partial charge on any atom is -0.516 e. The highest BCUT2D eigenvalue weighted by molar-refractivity contribution is 5.02. The molecule has 0 aliphatic carbocycles. The van der Waals surface area contributed by atoms with Gasteiger partial charge in [0.2, 0.25) is 0 Å². The van der Waals surface area contributed by atoms with Gasteiger partial charge in [-0.3, -0.25) is 0 Å². The standard InChI is InChI=1S/C7H15NO2/c1-6(5-10)7(8)3-2-4-9/h5,7,9-10H,2-4,8H2,1H3/b6-5+. The molecule has 0 spiro atoms. The van der Waals surface area contributed by atoms with E-state index in [1.54, 1.807) is 6.92 Å². The first-order valence-electron chi connectivity index (χ1n) is 3.39. The summed E-state index contributed by atoms with van der Waals surface area (Å²) in [5.74, 6) is 0. The molecule has 0 bridgehead atoms. The van der Waals surface area contributed by atoms with Gasteiger partial charge in [0.25, 0.3) is 0 Å². The summed E-state index contributed by atoms with van der Waals surface area (Å²) in [7, 11) is 0. The molecule has 0 aromatic carbocycles. The molecule has 0 heterocycles. The second-order valence-electron chi connectivity index (χ2n) is 2.35. The van der Waals surface area contributed by atoms with Crippen molar-refractivity contribution in [3.63, 3.8) is 0 Å². The summed E-state index contributed by atoms with van der Waals surface area (Å²) < 4.78 is 0. The maximum absolute atomic E-state index is 8.50. The Kier molecular flexibility index (Phi) is 4.98. The van der Waals surface area contributed by atoms with Crippen molar-refractivity contribution in [2.24, 2.45) is 5.73 Å². The largest absolute Gasteiger partial charge is 0.516 e. The molecule has 3 heteroatoms. The van der Waals surface area contributed by atoms with Gasteiger partial charge in [0.1, 0.15) is 0 Å². The van der Waals surface area contributed by atoms with Crippen LogP contribution in [0, 0.1) is 0 Å². The summed E-state index contributed by atoms with van der Waals surface area (Å²) in [5.41, 5.74) is 6.33. The molecule has 1 unspecified atom stereocenters. The molecule has 0 aliphatic rings. The number of aliphatic hydroxyl groups excluding tert-OH is 2. The van der Waals surface area contributed by atoms with Crippen molar-refractivity contribution in [2.75, 3.05) is 6.61 Å². The Morgan fingerprint density at radius 3 is 2.70 bits per heavy atom. The van der Waals surface area contributed by atoms with Gasteiger partial charge >= 0.3 is 0 Å². The molecule has 0 aromatic rings. The smallest absolute Gasteiger partial charge is 0.0796 e. The van der Waals surface area contributed by atoms with E-state index >= 15 is 0 Å². The Labute approximate surface area is 61.2 Å².